The Morgan fingerprint density at radius 2 is 1.90 bits per heavy atom. The van der Waals surface area contributed by atoms with Gasteiger partial charge in [-0.05, 0) is 39.5 Å². The van der Waals surface area contributed by atoms with Crippen molar-refractivity contribution in [2.75, 3.05) is 0 Å². The summed E-state index contributed by atoms with van der Waals surface area (Å²) in [5.74, 6) is 0. The van der Waals surface area contributed by atoms with E-state index in [1.54, 1.807) is 5.57 Å². The first kappa shape index (κ1) is 7.80. The molecule has 1 atom stereocenters. The van der Waals surface area contributed by atoms with Gasteiger partial charge in [0.05, 0.1) is 0 Å². The van der Waals surface area contributed by atoms with Gasteiger partial charge in [-0.3, -0.25) is 0 Å². The normalized spacial score (nSPS) is 21.3. The van der Waals surface area contributed by atoms with Crippen molar-refractivity contribution in [2.45, 2.75) is 45.6 Å². The standard InChI is InChI=1S/C9H17N/c1-7(8(2)10)9-5-3-4-6-9/h8H,3-6,10H2,1-2H3. The molecule has 0 aromatic carbocycles. The van der Waals surface area contributed by atoms with Crippen molar-refractivity contribution in [3.05, 3.63) is 11.1 Å². The quantitative estimate of drug-likeness (QED) is 0.554. The summed E-state index contributed by atoms with van der Waals surface area (Å²) in [6, 6.07) is 0.271. The molecule has 1 aliphatic carbocycles. The third kappa shape index (κ3) is 1.60. The minimum absolute atomic E-state index is 0.271. The summed E-state index contributed by atoms with van der Waals surface area (Å²) in [6.45, 7) is 4.24. The second-order valence-corrected chi connectivity index (χ2v) is 3.28. The van der Waals surface area contributed by atoms with Gasteiger partial charge in [0.15, 0.2) is 0 Å². The van der Waals surface area contributed by atoms with Crippen LogP contribution >= 0.6 is 0 Å². The number of rotatable bonds is 1. The molecule has 0 radical (unpaired) electrons. The molecule has 1 nitrogen and oxygen atoms in total. The predicted molar refractivity (Wildman–Crippen MR) is 44.8 cm³/mol. The van der Waals surface area contributed by atoms with Crippen LogP contribution in [0.15, 0.2) is 11.1 Å². The van der Waals surface area contributed by atoms with E-state index in [0.717, 1.165) is 0 Å². The van der Waals surface area contributed by atoms with Crippen LogP contribution in [0.1, 0.15) is 39.5 Å². The first-order chi connectivity index (χ1) is 4.72. The van der Waals surface area contributed by atoms with Gasteiger partial charge in [0.1, 0.15) is 0 Å². The maximum absolute atomic E-state index is 5.76. The van der Waals surface area contributed by atoms with Crippen molar-refractivity contribution < 1.29 is 0 Å². The zero-order chi connectivity index (χ0) is 7.56. The summed E-state index contributed by atoms with van der Waals surface area (Å²) in [5, 5.41) is 0. The van der Waals surface area contributed by atoms with Crippen LogP contribution in [0.3, 0.4) is 0 Å². The first-order valence-electron chi connectivity index (χ1n) is 4.16. The van der Waals surface area contributed by atoms with Crippen LogP contribution < -0.4 is 5.73 Å². The molecule has 0 saturated heterocycles. The average molecular weight is 139 g/mol. The molecule has 0 amide bonds. The molecule has 0 aromatic rings. The van der Waals surface area contributed by atoms with Crippen molar-refractivity contribution in [3.8, 4) is 0 Å². The van der Waals surface area contributed by atoms with Gasteiger partial charge >= 0.3 is 0 Å². The molecular weight excluding hydrogens is 122 g/mol. The third-order valence-corrected chi connectivity index (χ3v) is 2.45. The van der Waals surface area contributed by atoms with E-state index < -0.39 is 0 Å². The van der Waals surface area contributed by atoms with E-state index in [0.29, 0.717) is 0 Å². The van der Waals surface area contributed by atoms with Crippen molar-refractivity contribution >= 4 is 0 Å². The second-order valence-electron chi connectivity index (χ2n) is 3.28. The molecule has 58 valence electrons. The Labute approximate surface area is 63.3 Å². The lowest BCUT2D eigenvalue weighted by Crippen LogP contribution is -2.17. The zero-order valence-corrected chi connectivity index (χ0v) is 6.98. The fourth-order valence-corrected chi connectivity index (χ4v) is 1.52. The summed E-state index contributed by atoms with van der Waals surface area (Å²) in [5.41, 5.74) is 8.81. The van der Waals surface area contributed by atoms with Crippen LogP contribution in [0.2, 0.25) is 0 Å². The van der Waals surface area contributed by atoms with Gasteiger partial charge in [0, 0.05) is 6.04 Å². The van der Waals surface area contributed by atoms with Crippen LogP contribution in [0.4, 0.5) is 0 Å². The molecule has 1 heteroatoms. The van der Waals surface area contributed by atoms with Gasteiger partial charge in [0.25, 0.3) is 0 Å². The monoisotopic (exact) mass is 139 g/mol. The van der Waals surface area contributed by atoms with E-state index in [1.807, 2.05) is 0 Å². The van der Waals surface area contributed by atoms with E-state index in [2.05, 4.69) is 13.8 Å². The Bertz CT molecular complexity index is 137. The first-order valence-corrected chi connectivity index (χ1v) is 4.16. The van der Waals surface area contributed by atoms with Crippen LogP contribution in [-0.4, -0.2) is 6.04 Å². The highest BCUT2D eigenvalue weighted by atomic mass is 14.6. The fourth-order valence-electron chi connectivity index (χ4n) is 1.52. The molecule has 1 aliphatic rings. The molecular formula is C9H17N. The predicted octanol–water partition coefficient (Wildman–Crippen LogP) is 2.22. The van der Waals surface area contributed by atoms with Crippen LogP contribution in [0.25, 0.3) is 0 Å². The lowest BCUT2D eigenvalue weighted by molar-refractivity contribution is 0.830. The van der Waals surface area contributed by atoms with E-state index in [1.165, 1.54) is 31.3 Å². The van der Waals surface area contributed by atoms with E-state index in [-0.39, 0.29) is 6.04 Å². The number of hydrogen-bond acceptors (Lipinski definition) is 1. The zero-order valence-electron chi connectivity index (χ0n) is 6.98. The topological polar surface area (TPSA) is 26.0 Å². The maximum atomic E-state index is 5.76. The summed E-state index contributed by atoms with van der Waals surface area (Å²) >= 11 is 0. The third-order valence-electron chi connectivity index (χ3n) is 2.45. The van der Waals surface area contributed by atoms with Gasteiger partial charge in [-0.25, -0.2) is 0 Å². The summed E-state index contributed by atoms with van der Waals surface area (Å²) in [7, 11) is 0. The summed E-state index contributed by atoms with van der Waals surface area (Å²) < 4.78 is 0. The second kappa shape index (κ2) is 3.20. The lowest BCUT2D eigenvalue weighted by Gasteiger charge is -2.08. The molecule has 10 heavy (non-hydrogen) atoms. The number of nitrogens with two attached hydrogens (primary N) is 1. The van der Waals surface area contributed by atoms with Crippen LogP contribution in [0.5, 0.6) is 0 Å². The Balaban J connectivity index is 2.63. The van der Waals surface area contributed by atoms with Gasteiger partial charge in [-0.1, -0.05) is 11.1 Å². The van der Waals surface area contributed by atoms with E-state index in [4.69, 9.17) is 5.73 Å². The van der Waals surface area contributed by atoms with Crippen molar-refractivity contribution in [1.29, 1.82) is 0 Å². The highest BCUT2D eigenvalue weighted by molar-refractivity contribution is 5.18. The SMILES string of the molecule is CC(=C1CCCC1)C(C)N. The smallest absolute Gasteiger partial charge is 0.0224 e. The molecule has 0 aliphatic heterocycles. The number of hydrogen-bond donors (Lipinski definition) is 1. The molecule has 1 saturated carbocycles. The van der Waals surface area contributed by atoms with Crippen molar-refractivity contribution in [2.24, 2.45) is 5.73 Å². The summed E-state index contributed by atoms with van der Waals surface area (Å²) in [4.78, 5) is 0. The average Bonchev–Trinajstić information content (AvgIpc) is 2.36. The molecule has 1 rings (SSSR count). The maximum Gasteiger partial charge on any atom is 0.0224 e. The Hall–Kier alpha value is -0.300. The largest absolute Gasteiger partial charge is 0.324 e. The Morgan fingerprint density at radius 3 is 2.30 bits per heavy atom. The summed E-state index contributed by atoms with van der Waals surface area (Å²) in [6.07, 6.45) is 5.35. The molecule has 0 bridgehead atoms. The molecule has 2 N–H and O–H groups in total. The lowest BCUT2D eigenvalue weighted by atomic mass is 10.0. The molecule has 1 fully saturated rings. The van der Waals surface area contributed by atoms with E-state index in [9.17, 15) is 0 Å². The molecule has 0 heterocycles. The van der Waals surface area contributed by atoms with Crippen molar-refractivity contribution in [3.63, 3.8) is 0 Å². The van der Waals surface area contributed by atoms with Crippen LogP contribution in [0, 0.1) is 0 Å². The number of allylic oxidation sites excluding steroid dienone is 1. The minimum atomic E-state index is 0.271. The van der Waals surface area contributed by atoms with Gasteiger partial charge in [-0.2, -0.15) is 0 Å². The highest BCUT2D eigenvalue weighted by Gasteiger charge is 2.11. The molecule has 1 unspecified atom stereocenters. The molecule has 0 spiro atoms. The van der Waals surface area contributed by atoms with Crippen LogP contribution in [-0.2, 0) is 0 Å². The highest BCUT2D eigenvalue weighted by Crippen LogP contribution is 2.27. The van der Waals surface area contributed by atoms with E-state index >= 15 is 0 Å². The van der Waals surface area contributed by atoms with Gasteiger partial charge < -0.3 is 5.73 Å². The Morgan fingerprint density at radius 1 is 1.40 bits per heavy atom. The minimum Gasteiger partial charge on any atom is -0.324 e. The van der Waals surface area contributed by atoms with Crippen molar-refractivity contribution in [1.82, 2.24) is 0 Å². The van der Waals surface area contributed by atoms with Gasteiger partial charge in [0.2, 0.25) is 0 Å². The molecule has 0 aromatic heterocycles. The fraction of sp³-hybridized carbons (Fsp3) is 0.778. The van der Waals surface area contributed by atoms with Gasteiger partial charge in [-0.15, -0.1) is 0 Å². The Kier molecular flexibility index (Phi) is 2.50.